The molecule has 1 unspecified atom stereocenters. The zero-order valence-corrected chi connectivity index (χ0v) is 14.0. The van der Waals surface area contributed by atoms with Gasteiger partial charge in [0, 0.05) is 30.0 Å². The fraction of sp³-hybridized carbons (Fsp3) is 0.263. The predicted octanol–water partition coefficient (Wildman–Crippen LogP) is 3.96. The third-order valence-electron chi connectivity index (χ3n) is 4.39. The van der Waals surface area contributed by atoms with Crippen molar-refractivity contribution >= 4 is 17.2 Å². The summed E-state index contributed by atoms with van der Waals surface area (Å²) in [7, 11) is 0. The first-order chi connectivity index (χ1) is 11.8. The van der Waals surface area contributed by atoms with Gasteiger partial charge in [-0.1, -0.05) is 30.3 Å². The van der Waals surface area contributed by atoms with Gasteiger partial charge in [0.05, 0.1) is 18.4 Å². The number of hydrogen-bond donors (Lipinski definition) is 0. The van der Waals surface area contributed by atoms with Crippen molar-refractivity contribution < 1.29 is 9.21 Å². The third kappa shape index (κ3) is 3.12. The number of benzene rings is 1. The highest BCUT2D eigenvalue weighted by atomic mass is 32.1. The first-order valence-corrected chi connectivity index (χ1v) is 8.98. The van der Waals surface area contributed by atoms with Gasteiger partial charge in [-0.3, -0.25) is 4.79 Å². The fourth-order valence-corrected chi connectivity index (χ4v) is 3.94. The van der Waals surface area contributed by atoms with Crippen LogP contribution in [0.15, 0.2) is 58.5 Å². The summed E-state index contributed by atoms with van der Waals surface area (Å²) in [4.78, 5) is 19.1. The number of likely N-dealkylation sites (tertiary alicyclic amines) is 1. The van der Waals surface area contributed by atoms with Gasteiger partial charge in [-0.15, -0.1) is 11.3 Å². The summed E-state index contributed by atoms with van der Waals surface area (Å²) in [5.41, 5.74) is 1.95. The molecule has 122 valence electrons. The predicted molar refractivity (Wildman–Crippen MR) is 93.9 cm³/mol. The molecule has 0 aliphatic carbocycles. The van der Waals surface area contributed by atoms with Crippen LogP contribution in [-0.2, 0) is 11.2 Å². The molecule has 2 aromatic heterocycles. The quantitative estimate of drug-likeness (QED) is 0.723. The van der Waals surface area contributed by atoms with Crippen molar-refractivity contribution in [3.63, 3.8) is 0 Å². The Morgan fingerprint density at radius 2 is 2.12 bits per heavy atom. The Morgan fingerprint density at radius 1 is 1.25 bits per heavy atom. The average Bonchev–Trinajstić information content (AvgIpc) is 3.36. The molecule has 0 bridgehead atoms. The van der Waals surface area contributed by atoms with E-state index < -0.39 is 0 Å². The Labute approximate surface area is 144 Å². The Bertz CT molecular complexity index is 811. The Balaban J connectivity index is 1.39. The first kappa shape index (κ1) is 15.1. The molecule has 0 saturated carbocycles. The second kappa shape index (κ2) is 6.61. The van der Waals surface area contributed by atoms with E-state index in [4.69, 9.17) is 4.42 Å². The maximum absolute atomic E-state index is 12.5. The third-order valence-corrected chi connectivity index (χ3v) is 5.33. The lowest BCUT2D eigenvalue weighted by Gasteiger charge is -2.15. The van der Waals surface area contributed by atoms with Gasteiger partial charge in [0.1, 0.15) is 10.8 Å². The lowest BCUT2D eigenvalue weighted by Crippen LogP contribution is -2.29. The summed E-state index contributed by atoms with van der Waals surface area (Å²) >= 11 is 1.59. The fourth-order valence-electron chi connectivity index (χ4n) is 3.11. The molecule has 3 aromatic rings. The molecule has 1 aromatic carbocycles. The van der Waals surface area contributed by atoms with Crippen LogP contribution in [-0.4, -0.2) is 28.9 Å². The van der Waals surface area contributed by atoms with E-state index in [9.17, 15) is 4.79 Å². The minimum Gasteiger partial charge on any atom is -0.469 e. The number of carbonyl (C=O) groups excluding carboxylic acids is 1. The number of furan rings is 1. The van der Waals surface area contributed by atoms with Crippen LogP contribution in [0, 0.1) is 0 Å². The molecular formula is C19H18N2O2S. The lowest BCUT2D eigenvalue weighted by molar-refractivity contribution is -0.129. The maximum atomic E-state index is 12.5. The molecule has 5 heteroatoms. The topological polar surface area (TPSA) is 46.3 Å². The van der Waals surface area contributed by atoms with Gasteiger partial charge < -0.3 is 9.32 Å². The highest BCUT2D eigenvalue weighted by Gasteiger charge is 2.29. The molecule has 1 amide bonds. The number of carbonyl (C=O) groups is 1. The molecule has 0 radical (unpaired) electrons. The number of aromatic nitrogens is 1. The van der Waals surface area contributed by atoms with E-state index in [-0.39, 0.29) is 5.91 Å². The number of rotatable bonds is 4. The molecule has 0 N–H and O–H groups in total. The van der Waals surface area contributed by atoms with E-state index in [1.54, 1.807) is 17.6 Å². The van der Waals surface area contributed by atoms with Crippen LogP contribution < -0.4 is 0 Å². The van der Waals surface area contributed by atoms with E-state index in [0.717, 1.165) is 41.5 Å². The minimum absolute atomic E-state index is 0.147. The summed E-state index contributed by atoms with van der Waals surface area (Å²) in [5.74, 6) is 1.44. The molecule has 1 saturated heterocycles. The second-order valence-corrected chi connectivity index (χ2v) is 6.89. The van der Waals surface area contributed by atoms with Crippen LogP contribution in [0.25, 0.3) is 10.6 Å². The second-order valence-electron chi connectivity index (χ2n) is 6.03. The summed E-state index contributed by atoms with van der Waals surface area (Å²) in [6.07, 6.45) is 3.03. The number of hydrogen-bond acceptors (Lipinski definition) is 4. The molecule has 4 nitrogen and oxygen atoms in total. The van der Waals surface area contributed by atoms with Gasteiger partial charge in [0.15, 0.2) is 0 Å². The van der Waals surface area contributed by atoms with Crippen LogP contribution in [0.3, 0.4) is 0 Å². The van der Waals surface area contributed by atoms with Crippen molar-refractivity contribution in [2.24, 2.45) is 0 Å². The monoisotopic (exact) mass is 338 g/mol. The van der Waals surface area contributed by atoms with Crippen molar-refractivity contribution in [1.29, 1.82) is 0 Å². The Hall–Kier alpha value is -2.40. The maximum Gasteiger partial charge on any atom is 0.228 e. The van der Waals surface area contributed by atoms with Crippen molar-refractivity contribution in [1.82, 2.24) is 9.88 Å². The number of nitrogens with zero attached hydrogens (tertiary/aromatic N) is 2. The molecule has 1 aliphatic heterocycles. The number of thiazole rings is 1. The molecule has 0 spiro atoms. The van der Waals surface area contributed by atoms with E-state index >= 15 is 0 Å². The van der Waals surface area contributed by atoms with Crippen LogP contribution in [0.2, 0.25) is 0 Å². The SMILES string of the molecule is O=C(Cc1csc(-c2ccccc2)n1)N1CCC(c2ccco2)C1. The zero-order valence-electron chi connectivity index (χ0n) is 13.2. The smallest absolute Gasteiger partial charge is 0.228 e. The van der Waals surface area contributed by atoms with Crippen LogP contribution in [0.5, 0.6) is 0 Å². The molecule has 1 atom stereocenters. The summed E-state index contributed by atoms with van der Waals surface area (Å²) in [5, 5.41) is 2.95. The molecule has 24 heavy (non-hydrogen) atoms. The normalized spacial score (nSPS) is 17.3. The Morgan fingerprint density at radius 3 is 2.92 bits per heavy atom. The molecule has 3 heterocycles. The summed E-state index contributed by atoms with van der Waals surface area (Å²) in [6, 6.07) is 14.0. The van der Waals surface area contributed by atoms with Crippen LogP contribution in [0.4, 0.5) is 0 Å². The van der Waals surface area contributed by atoms with E-state index in [0.29, 0.717) is 12.3 Å². The van der Waals surface area contributed by atoms with Gasteiger partial charge in [-0.2, -0.15) is 0 Å². The number of amides is 1. The Kier molecular flexibility index (Phi) is 4.17. The molecular weight excluding hydrogens is 320 g/mol. The van der Waals surface area contributed by atoms with E-state index in [2.05, 4.69) is 4.98 Å². The highest BCUT2D eigenvalue weighted by molar-refractivity contribution is 7.13. The highest BCUT2D eigenvalue weighted by Crippen LogP contribution is 2.28. The van der Waals surface area contributed by atoms with E-state index in [1.165, 1.54) is 0 Å². The van der Waals surface area contributed by atoms with Crippen molar-refractivity contribution in [2.75, 3.05) is 13.1 Å². The minimum atomic E-state index is 0.147. The van der Waals surface area contributed by atoms with Gasteiger partial charge in [-0.05, 0) is 18.6 Å². The van der Waals surface area contributed by atoms with Gasteiger partial charge in [0.25, 0.3) is 0 Å². The first-order valence-electron chi connectivity index (χ1n) is 8.10. The average molecular weight is 338 g/mol. The van der Waals surface area contributed by atoms with Crippen molar-refractivity contribution in [3.05, 3.63) is 65.6 Å². The summed E-state index contributed by atoms with van der Waals surface area (Å²) < 4.78 is 5.47. The van der Waals surface area contributed by atoms with Crippen molar-refractivity contribution in [2.45, 2.75) is 18.8 Å². The van der Waals surface area contributed by atoms with E-state index in [1.807, 2.05) is 52.7 Å². The molecule has 1 aliphatic rings. The van der Waals surface area contributed by atoms with Gasteiger partial charge >= 0.3 is 0 Å². The van der Waals surface area contributed by atoms with Crippen molar-refractivity contribution in [3.8, 4) is 10.6 Å². The standard InChI is InChI=1S/C19H18N2O2S/c22-18(21-9-8-15(12-21)17-7-4-10-23-17)11-16-13-24-19(20-16)14-5-2-1-3-6-14/h1-7,10,13,15H,8-9,11-12H2. The van der Waals surface area contributed by atoms with Crippen LogP contribution >= 0.6 is 11.3 Å². The van der Waals surface area contributed by atoms with Gasteiger partial charge in [-0.25, -0.2) is 4.98 Å². The van der Waals surface area contributed by atoms with Gasteiger partial charge in [0.2, 0.25) is 5.91 Å². The van der Waals surface area contributed by atoms with Crippen LogP contribution in [0.1, 0.15) is 23.8 Å². The summed E-state index contributed by atoms with van der Waals surface area (Å²) in [6.45, 7) is 1.53. The molecule has 4 rings (SSSR count). The molecule has 1 fully saturated rings. The lowest BCUT2D eigenvalue weighted by atomic mass is 10.1. The largest absolute Gasteiger partial charge is 0.469 e. The zero-order chi connectivity index (χ0) is 16.4.